The number of aromatic nitrogens is 2. The summed E-state index contributed by atoms with van der Waals surface area (Å²) < 4.78 is 14.2. The molecule has 1 atom stereocenters. The van der Waals surface area contributed by atoms with Crippen molar-refractivity contribution in [3.8, 4) is 0 Å². The van der Waals surface area contributed by atoms with Gasteiger partial charge in [0.2, 0.25) is 0 Å². The molecule has 6 nitrogen and oxygen atoms in total. The van der Waals surface area contributed by atoms with Gasteiger partial charge in [-0.05, 0) is 57.7 Å². The van der Waals surface area contributed by atoms with E-state index in [0.717, 1.165) is 51.7 Å². The Kier molecular flexibility index (Phi) is 5.95. The first-order valence-corrected chi connectivity index (χ1v) is 12.6. The standard InChI is InChI=1S/C25H30FN5OS/c1-16-8-6-7-11-31(16)23-21-17(2)22(33-24(21)28-18(3)27-23)25(32)30-14-12-29(13-15-30)20-10-5-4-9-19(20)26/h4-5,9-10,16H,6-8,11-15H2,1-3H3/t16-/m0/s1. The summed E-state index contributed by atoms with van der Waals surface area (Å²) in [6, 6.07) is 7.26. The summed E-state index contributed by atoms with van der Waals surface area (Å²) in [7, 11) is 0. The van der Waals surface area contributed by atoms with Gasteiger partial charge in [-0.15, -0.1) is 11.3 Å². The molecule has 0 spiro atoms. The summed E-state index contributed by atoms with van der Waals surface area (Å²) in [5.74, 6) is 1.54. The van der Waals surface area contributed by atoms with Crippen molar-refractivity contribution in [2.24, 2.45) is 0 Å². The SMILES string of the molecule is Cc1nc(N2CCCC[C@@H]2C)c2c(C)c(C(=O)N3CCN(c4ccccc4F)CC3)sc2n1. The number of hydrogen-bond acceptors (Lipinski definition) is 6. The van der Waals surface area contributed by atoms with E-state index in [4.69, 9.17) is 4.98 Å². The van der Waals surface area contributed by atoms with Crippen LogP contribution in [0.15, 0.2) is 24.3 Å². The monoisotopic (exact) mass is 467 g/mol. The second-order valence-corrected chi connectivity index (χ2v) is 10.1. The van der Waals surface area contributed by atoms with Gasteiger partial charge in [0.25, 0.3) is 5.91 Å². The molecule has 0 aliphatic carbocycles. The number of benzene rings is 1. The number of thiophene rings is 1. The lowest BCUT2D eigenvalue weighted by atomic mass is 10.0. The summed E-state index contributed by atoms with van der Waals surface area (Å²) in [5.41, 5.74) is 1.58. The Morgan fingerprint density at radius 2 is 1.82 bits per heavy atom. The number of piperazine rings is 1. The summed E-state index contributed by atoms with van der Waals surface area (Å²) in [5, 5.41) is 1.02. The van der Waals surface area contributed by atoms with Crippen molar-refractivity contribution >= 4 is 39.0 Å². The summed E-state index contributed by atoms with van der Waals surface area (Å²) in [6.07, 6.45) is 3.57. The van der Waals surface area contributed by atoms with Gasteiger partial charge in [-0.3, -0.25) is 4.79 Å². The molecule has 174 valence electrons. The van der Waals surface area contributed by atoms with E-state index in [2.05, 4.69) is 16.8 Å². The quantitative estimate of drug-likeness (QED) is 0.555. The van der Waals surface area contributed by atoms with Gasteiger partial charge < -0.3 is 14.7 Å². The van der Waals surface area contributed by atoms with Gasteiger partial charge in [0.05, 0.1) is 16.0 Å². The van der Waals surface area contributed by atoms with Gasteiger partial charge in [0.15, 0.2) is 0 Å². The number of para-hydroxylation sites is 1. The zero-order chi connectivity index (χ0) is 23.1. The molecule has 1 amide bonds. The van der Waals surface area contributed by atoms with Crippen molar-refractivity contribution < 1.29 is 9.18 Å². The molecular weight excluding hydrogens is 437 g/mol. The lowest BCUT2D eigenvalue weighted by Crippen LogP contribution is -2.49. The van der Waals surface area contributed by atoms with Gasteiger partial charge in [0, 0.05) is 38.8 Å². The van der Waals surface area contributed by atoms with Crippen LogP contribution in [0.25, 0.3) is 10.2 Å². The minimum atomic E-state index is -0.217. The third-order valence-electron chi connectivity index (χ3n) is 6.91. The fraction of sp³-hybridized carbons (Fsp3) is 0.480. The first-order chi connectivity index (χ1) is 15.9. The number of halogens is 1. The van der Waals surface area contributed by atoms with Crippen LogP contribution in [0.3, 0.4) is 0 Å². The highest BCUT2D eigenvalue weighted by molar-refractivity contribution is 7.20. The Labute approximate surface area is 198 Å². The van der Waals surface area contributed by atoms with E-state index in [-0.39, 0.29) is 11.7 Å². The van der Waals surface area contributed by atoms with Crippen LogP contribution < -0.4 is 9.80 Å². The predicted molar refractivity (Wildman–Crippen MR) is 132 cm³/mol. The molecule has 3 aromatic rings. The molecule has 1 aromatic carbocycles. The largest absolute Gasteiger partial charge is 0.366 e. The summed E-state index contributed by atoms with van der Waals surface area (Å²) in [6.45, 7) is 9.57. The number of fused-ring (bicyclic) bond motifs is 1. The molecule has 2 aromatic heterocycles. The molecule has 0 bridgehead atoms. The smallest absolute Gasteiger partial charge is 0.264 e. The molecular formula is C25H30FN5OS. The van der Waals surface area contributed by atoms with Crippen LogP contribution in [0.1, 0.15) is 47.2 Å². The Hall–Kier alpha value is -2.74. The number of rotatable bonds is 3. The van der Waals surface area contributed by atoms with Gasteiger partial charge >= 0.3 is 0 Å². The van der Waals surface area contributed by atoms with E-state index < -0.39 is 0 Å². The van der Waals surface area contributed by atoms with Crippen molar-refractivity contribution in [1.29, 1.82) is 0 Å². The number of amides is 1. The van der Waals surface area contributed by atoms with Crippen LogP contribution in [0.2, 0.25) is 0 Å². The van der Waals surface area contributed by atoms with Crippen molar-refractivity contribution in [1.82, 2.24) is 14.9 Å². The highest BCUT2D eigenvalue weighted by atomic mass is 32.1. The molecule has 4 heterocycles. The minimum absolute atomic E-state index is 0.0407. The average molecular weight is 468 g/mol. The van der Waals surface area contributed by atoms with E-state index in [1.807, 2.05) is 29.7 Å². The van der Waals surface area contributed by atoms with Crippen LogP contribution in [-0.4, -0.2) is 59.5 Å². The molecule has 2 saturated heterocycles. The Morgan fingerprint density at radius 3 is 2.55 bits per heavy atom. The average Bonchev–Trinajstić information content (AvgIpc) is 3.15. The normalized spacial score (nSPS) is 19.4. The van der Waals surface area contributed by atoms with Gasteiger partial charge in [-0.25, -0.2) is 14.4 Å². The van der Waals surface area contributed by atoms with Crippen molar-refractivity contribution in [2.45, 2.75) is 46.1 Å². The highest BCUT2D eigenvalue weighted by Gasteiger charge is 2.29. The van der Waals surface area contributed by atoms with Crippen LogP contribution in [0.4, 0.5) is 15.9 Å². The first-order valence-electron chi connectivity index (χ1n) is 11.8. The molecule has 0 unspecified atom stereocenters. The van der Waals surface area contributed by atoms with E-state index >= 15 is 0 Å². The molecule has 0 radical (unpaired) electrons. The Morgan fingerprint density at radius 1 is 1.06 bits per heavy atom. The number of nitrogens with zero attached hydrogens (tertiary/aromatic N) is 5. The maximum atomic E-state index is 14.2. The van der Waals surface area contributed by atoms with E-state index in [0.29, 0.717) is 37.9 Å². The van der Waals surface area contributed by atoms with Crippen LogP contribution in [0.5, 0.6) is 0 Å². The molecule has 33 heavy (non-hydrogen) atoms. The number of piperidine rings is 1. The van der Waals surface area contributed by atoms with Crippen molar-refractivity contribution in [2.75, 3.05) is 42.5 Å². The maximum Gasteiger partial charge on any atom is 0.264 e. The molecule has 2 fully saturated rings. The predicted octanol–water partition coefficient (Wildman–Crippen LogP) is 4.79. The molecule has 2 aliphatic rings. The third kappa shape index (κ3) is 4.05. The second-order valence-electron chi connectivity index (χ2n) is 9.10. The number of carbonyl (C=O) groups excluding carboxylic acids is 1. The first kappa shape index (κ1) is 22.1. The van der Waals surface area contributed by atoms with Crippen LogP contribution >= 0.6 is 11.3 Å². The number of anilines is 2. The minimum Gasteiger partial charge on any atom is -0.366 e. The molecule has 5 rings (SSSR count). The van der Waals surface area contributed by atoms with Crippen molar-refractivity contribution in [3.63, 3.8) is 0 Å². The van der Waals surface area contributed by atoms with E-state index in [9.17, 15) is 9.18 Å². The molecule has 2 aliphatic heterocycles. The summed E-state index contributed by atoms with van der Waals surface area (Å²) in [4.78, 5) is 31.0. The van der Waals surface area contributed by atoms with Gasteiger partial charge in [-0.2, -0.15) is 0 Å². The fourth-order valence-corrected chi connectivity index (χ4v) is 6.24. The number of aryl methyl sites for hydroxylation is 2. The second kappa shape index (κ2) is 8.89. The highest BCUT2D eigenvalue weighted by Crippen LogP contribution is 2.38. The van der Waals surface area contributed by atoms with Crippen LogP contribution in [0, 0.1) is 19.7 Å². The lowest BCUT2D eigenvalue weighted by Gasteiger charge is -2.36. The maximum absolute atomic E-state index is 14.2. The van der Waals surface area contributed by atoms with E-state index in [1.54, 1.807) is 12.1 Å². The fourth-order valence-electron chi connectivity index (χ4n) is 5.05. The van der Waals surface area contributed by atoms with Gasteiger partial charge in [-0.1, -0.05) is 12.1 Å². The number of carbonyl (C=O) groups is 1. The molecule has 0 saturated carbocycles. The van der Waals surface area contributed by atoms with Crippen molar-refractivity contribution in [3.05, 3.63) is 46.3 Å². The molecule has 8 heteroatoms. The topological polar surface area (TPSA) is 52.6 Å². The zero-order valence-corrected chi connectivity index (χ0v) is 20.3. The lowest BCUT2D eigenvalue weighted by molar-refractivity contribution is 0.0751. The third-order valence-corrected chi connectivity index (χ3v) is 8.09. The Balaban J connectivity index is 1.41. The van der Waals surface area contributed by atoms with E-state index in [1.165, 1.54) is 23.8 Å². The van der Waals surface area contributed by atoms with Crippen LogP contribution in [-0.2, 0) is 0 Å². The molecule has 0 N–H and O–H groups in total. The zero-order valence-electron chi connectivity index (χ0n) is 19.5. The van der Waals surface area contributed by atoms with Gasteiger partial charge in [0.1, 0.15) is 22.3 Å². The number of hydrogen-bond donors (Lipinski definition) is 0. The summed E-state index contributed by atoms with van der Waals surface area (Å²) >= 11 is 1.48. The Bertz CT molecular complexity index is 1190.